The Labute approximate surface area is 258 Å². The van der Waals surface area contributed by atoms with E-state index in [4.69, 9.17) is 40.4 Å². The van der Waals surface area contributed by atoms with E-state index in [0.29, 0.717) is 4.90 Å². The molecule has 1 aromatic carbocycles. The number of terminal acetylenes is 1. The third-order valence-electron chi connectivity index (χ3n) is 6.10. The zero-order valence-corrected chi connectivity index (χ0v) is 25.7. The number of carbonyl (C=O) groups excluding carboxylic acids is 5. The summed E-state index contributed by atoms with van der Waals surface area (Å²) in [4.78, 5) is 63.6. The number of methoxy groups -OCH3 is 1. The van der Waals surface area contributed by atoms with Gasteiger partial charge < -0.3 is 33.7 Å². The van der Waals surface area contributed by atoms with E-state index < -0.39 is 78.3 Å². The van der Waals surface area contributed by atoms with E-state index in [1.807, 2.05) is 19.1 Å². The van der Waals surface area contributed by atoms with Crippen molar-refractivity contribution in [2.75, 3.05) is 26.9 Å². The van der Waals surface area contributed by atoms with Crippen molar-refractivity contribution in [2.24, 2.45) is 5.11 Å². The molecule has 0 aromatic heterocycles. The molecule has 0 unspecified atom stereocenters. The zero-order chi connectivity index (χ0) is 32.9. The Balaban J connectivity index is 2.78. The van der Waals surface area contributed by atoms with Gasteiger partial charge in [0, 0.05) is 37.0 Å². The number of rotatable bonds is 14. The average Bonchev–Trinajstić information content (AvgIpc) is 2.97. The first-order valence-electron chi connectivity index (χ1n) is 13.2. The monoisotopic (exact) mass is 634 g/mol. The summed E-state index contributed by atoms with van der Waals surface area (Å²) in [6, 6.07) is 5.88. The normalized spacial score (nSPS) is 22.1. The van der Waals surface area contributed by atoms with Crippen LogP contribution in [0.5, 0.6) is 0 Å². The van der Waals surface area contributed by atoms with Crippen LogP contribution >= 0.6 is 11.8 Å². The van der Waals surface area contributed by atoms with Crippen molar-refractivity contribution in [3.63, 3.8) is 0 Å². The summed E-state index contributed by atoms with van der Waals surface area (Å²) in [7, 11) is 1.15. The van der Waals surface area contributed by atoms with Crippen LogP contribution in [0.2, 0.25) is 0 Å². The highest BCUT2D eigenvalue weighted by Gasteiger charge is 2.58. The van der Waals surface area contributed by atoms with Gasteiger partial charge in [-0.05, 0) is 24.6 Å². The summed E-state index contributed by atoms with van der Waals surface area (Å²) in [5.41, 5.74) is 9.94. The van der Waals surface area contributed by atoms with E-state index in [1.165, 1.54) is 0 Å². The van der Waals surface area contributed by atoms with E-state index >= 15 is 0 Å². The fraction of sp³-hybridized carbons (Fsp3) is 0.536. The molecule has 1 heterocycles. The molecule has 1 saturated heterocycles. The van der Waals surface area contributed by atoms with Gasteiger partial charge in [-0.25, -0.2) is 4.79 Å². The van der Waals surface area contributed by atoms with Crippen LogP contribution in [-0.4, -0.2) is 92.0 Å². The lowest BCUT2D eigenvalue weighted by atomic mass is 9.89. The molecule has 16 heteroatoms. The molecule has 1 aliphatic heterocycles. The molecule has 1 N–H and O–H groups in total. The number of nitrogens with one attached hydrogen (secondary N) is 1. The topological polar surface area (TPSA) is 202 Å². The Kier molecular flexibility index (Phi) is 14.0. The summed E-state index contributed by atoms with van der Waals surface area (Å²) in [6.07, 6.45) is -0.442. The number of amides is 1. The van der Waals surface area contributed by atoms with Crippen molar-refractivity contribution < 1.29 is 52.4 Å². The second-order valence-electron chi connectivity index (χ2n) is 9.51. The largest absolute Gasteiger partial charge is 0.466 e. The number of esters is 4. The average molecular weight is 635 g/mol. The van der Waals surface area contributed by atoms with Gasteiger partial charge >= 0.3 is 23.9 Å². The predicted octanol–water partition coefficient (Wildman–Crippen LogP) is 1.99. The van der Waals surface area contributed by atoms with Crippen LogP contribution in [0.4, 0.5) is 0 Å². The SMILES string of the molecule is C#CCO[C@H]1C[C@@](Sc2ccc(C)cc2)(C(=O)OC)O[C@@H]([C@H](OC(C)=O)[C@@H](CN=[N+]=[N-])OC(C)=O)[C@@H]1NC(=O)COC(C)=O. The minimum absolute atomic E-state index is 0.240. The summed E-state index contributed by atoms with van der Waals surface area (Å²) in [6.45, 7) is 3.67. The van der Waals surface area contributed by atoms with Gasteiger partial charge in [-0.1, -0.05) is 40.5 Å². The van der Waals surface area contributed by atoms with Crippen molar-refractivity contribution in [1.29, 1.82) is 0 Å². The van der Waals surface area contributed by atoms with Gasteiger partial charge in [0.25, 0.3) is 5.91 Å². The Morgan fingerprint density at radius 1 is 1.16 bits per heavy atom. The summed E-state index contributed by atoms with van der Waals surface area (Å²) in [5.74, 6) is -1.73. The van der Waals surface area contributed by atoms with Gasteiger partial charge in [-0.15, -0.1) is 6.42 Å². The number of carbonyl (C=O) groups is 5. The first kappa shape index (κ1) is 35.9. The lowest BCUT2D eigenvalue weighted by molar-refractivity contribution is -0.219. The van der Waals surface area contributed by atoms with Gasteiger partial charge in [0.15, 0.2) is 12.7 Å². The van der Waals surface area contributed by atoms with E-state index in [0.717, 1.165) is 45.2 Å². The third-order valence-corrected chi connectivity index (χ3v) is 7.37. The van der Waals surface area contributed by atoms with Gasteiger partial charge in [-0.3, -0.25) is 19.2 Å². The van der Waals surface area contributed by atoms with Gasteiger partial charge in [0.2, 0.25) is 4.93 Å². The van der Waals surface area contributed by atoms with Gasteiger partial charge in [0.1, 0.15) is 18.8 Å². The number of ether oxygens (including phenoxy) is 6. The van der Waals surface area contributed by atoms with Crippen molar-refractivity contribution in [2.45, 2.75) is 74.4 Å². The zero-order valence-electron chi connectivity index (χ0n) is 24.8. The first-order valence-corrected chi connectivity index (χ1v) is 14.0. The highest BCUT2D eigenvalue weighted by Crippen LogP contribution is 2.46. The Bertz CT molecular complexity index is 1290. The van der Waals surface area contributed by atoms with Gasteiger partial charge in [-0.2, -0.15) is 0 Å². The molecule has 0 saturated carbocycles. The minimum atomic E-state index is -1.89. The molecule has 2 rings (SSSR count). The molecule has 0 bridgehead atoms. The van der Waals surface area contributed by atoms with Crippen LogP contribution in [0.1, 0.15) is 32.8 Å². The molecule has 238 valence electrons. The molecule has 1 aliphatic rings. The van der Waals surface area contributed by atoms with Crippen LogP contribution in [0.3, 0.4) is 0 Å². The molecule has 6 atom stereocenters. The molecule has 0 spiro atoms. The maximum Gasteiger partial charge on any atom is 0.349 e. The van der Waals surface area contributed by atoms with E-state index in [9.17, 15) is 24.0 Å². The van der Waals surface area contributed by atoms with Gasteiger partial charge in [0.05, 0.1) is 25.8 Å². The fourth-order valence-corrected chi connectivity index (χ4v) is 5.61. The predicted molar refractivity (Wildman–Crippen MR) is 154 cm³/mol. The van der Waals surface area contributed by atoms with Crippen molar-refractivity contribution in [3.05, 3.63) is 40.3 Å². The maximum absolute atomic E-state index is 13.5. The second kappa shape index (κ2) is 17.1. The van der Waals surface area contributed by atoms with Crippen LogP contribution in [0.15, 0.2) is 34.3 Å². The first-order chi connectivity index (χ1) is 20.8. The molecular weight excluding hydrogens is 600 g/mol. The van der Waals surface area contributed by atoms with Crippen molar-refractivity contribution >= 4 is 41.5 Å². The molecule has 0 aliphatic carbocycles. The number of hydrogen-bond acceptors (Lipinski definition) is 13. The van der Waals surface area contributed by atoms with Crippen LogP contribution in [-0.2, 0) is 52.4 Å². The molecular formula is C28H34N4O11S. The summed E-state index contributed by atoms with van der Waals surface area (Å²) >= 11 is 0.969. The molecule has 0 radical (unpaired) electrons. The number of benzene rings is 1. The van der Waals surface area contributed by atoms with Crippen molar-refractivity contribution in [3.8, 4) is 12.3 Å². The minimum Gasteiger partial charge on any atom is -0.466 e. The van der Waals surface area contributed by atoms with Crippen LogP contribution in [0, 0.1) is 19.3 Å². The lowest BCUT2D eigenvalue weighted by Gasteiger charge is -2.49. The molecule has 1 aromatic rings. The molecule has 15 nitrogen and oxygen atoms in total. The quantitative estimate of drug-likeness (QED) is 0.0780. The molecule has 44 heavy (non-hydrogen) atoms. The van der Waals surface area contributed by atoms with E-state index in [2.05, 4.69) is 21.3 Å². The summed E-state index contributed by atoms with van der Waals surface area (Å²) in [5, 5.41) is 6.11. The molecule has 1 amide bonds. The van der Waals surface area contributed by atoms with E-state index in [-0.39, 0.29) is 13.0 Å². The molecule has 1 fully saturated rings. The van der Waals surface area contributed by atoms with Crippen LogP contribution in [0.25, 0.3) is 10.4 Å². The number of azide groups is 1. The van der Waals surface area contributed by atoms with Crippen LogP contribution < -0.4 is 5.32 Å². The van der Waals surface area contributed by atoms with E-state index in [1.54, 1.807) is 12.1 Å². The third kappa shape index (κ3) is 10.5. The van der Waals surface area contributed by atoms with Crippen molar-refractivity contribution in [1.82, 2.24) is 5.32 Å². The number of aryl methyl sites for hydroxylation is 1. The Morgan fingerprint density at radius 2 is 1.82 bits per heavy atom. The highest BCUT2D eigenvalue weighted by atomic mass is 32.2. The lowest BCUT2D eigenvalue weighted by Crippen LogP contribution is -2.68. The highest BCUT2D eigenvalue weighted by molar-refractivity contribution is 8.01. The Hall–Kier alpha value is -4.29. The smallest absolute Gasteiger partial charge is 0.349 e. The Morgan fingerprint density at radius 3 is 2.36 bits per heavy atom. The second-order valence-corrected chi connectivity index (χ2v) is 10.8. The summed E-state index contributed by atoms with van der Waals surface area (Å²) < 4.78 is 33.2. The number of thioether (sulfide) groups is 1. The maximum atomic E-state index is 13.5. The number of hydrogen-bond donors (Lipinski definition) is 1. The fourth-order valence-electron chi connectivity index (χ4n) is 4.38. The number of nitrogens with zero attached hydrogens (tertiary/aromatic N) is 3. The standard InChI is InChI=1S/C28H34N4O11S/c1-7-12-39-21-13-28(27(37)38-6,44-20-10-8-16(2)9-11-20)43-26(24(21)31-23(36)15-40-17(3)33)25(42-19(5)35)22(14-30-32-29)41-18(4)34/h1,8-11,21-22,24-26H,12-15H2,2-6H3,(H,31,36)/t21-,22+,24+,25+,26+,28+/m0/s1.